The topological polar surface area (TPSA) is 24.1 Å². The molecular formula is C3H7N2. The molecule has 0 saturated carbocycles. The van der Waals surface area contributed by atoms with Crippen molar-refractivity contribution in [3.63, 3.8) is 0 Å². The smallest absolute Gasteiger partial charge is 0.0393 e. The molecule has 0 aromatic heterocycles. The lowest BCUT2D eigenvalue weighted by atomic mass is 10.5. The lowest BCUT2D eigenvalue weighted by Crippen LogP contribution is -2.18. The molecule has 1 rings (SSSR count). The van der Waals surface area contributed by atoms with E-state index in [1.807, 2.05) is 6.54 Å². The van der Waals surface area contributed by atoms with Crippen LogP contribution in [0.5, 0.6) is 0 Å². The fourth-order valence-electron chi connectivity index (χ4n) is 0.361. The highest BCUT2D eigenvalue weighted by Gasteiger charge is 1.92. The standard InChI is InChI=1S/C3H7N2/c1-2-4-5-3-1/h2,4-5H,1,3H2. The van der Waals surface area contributed by atoms with E-state index in [0.29, 0.717) is 0 Å². The summed E-state index contributed by atoms with van der Waals surface area (Å²) in [5.41, 5.74) is 5.76. The molecule has 5 heavy (non-hydrogen) atoms. The molecule has 0 aliphatic carbocycles. The summed E-state index contributed by atoms with van der Waals surface area (Å²) in [6.07, 6.45) is 1.15. The maximum Gasteiger partial charge on any atom is 0.0393 e. The minimum absolute atomic E-state index is 1.08. The van der Waals surface area contributed by atoms with Gasteiger partial charge in [-0.1, -0.05) is 0 Å². The number of hydrazine groups is 1. The first-order valence-electron chi connectivity index (χ1n) is 1.80. The Morgan fingerprint density at radius 3 is 2.80 bits per heavy atom. The summed E-state index contributed by atoms with van der Waals surface area (Å²) in [6.45, 7) is 3.08. The van der Waals surface area contributed by atoms with E-state index in [4.69, 9.17) is 0 Å². The summed E-state index contributed by atoms with van der Waals surface area (Å²) in [4.78, 5) is 0. The largest absolute Gasteiger partial charge is 0.257 e. The lowest BCUT2D eigenvalue weighted by Gasteiger charge is -1.80. The highest BCUT2D eigenvalue weighted by Crippen LogP contribution is 1.81. The first kappa shape index (κ1) is 3.12. The third-order valence-electron chi connectivity index (χ3n) is 0.618. The van der Waals surface area contributed by atoms with E-state index in [1.165, 1.54) is 0 Å². The molecule has 2 nitrogen and oxygen atoms in total. The Hall–Kier alpha value is -0.0800. The number of rotatable bonds is 0. The zero-order chi connectivity index (χ0) is 3.54. The Balaban J connectivity index is 2.08. The number of hydrogen-bond donors (Lipinski definition) is 2. The van der Waals surface area contributed by atoms with Crippen LogP contribution in [0.2, 0.25) is 0 Å². The van der Waals surface area contributed by atoms with Gasteiger partial charge in [-0.3, -0.25) is 10.9 Å². The number of hydrogen-bond acceptors (Lipinski definition) is 2. The van der Waals surface area contributed by atoms with Crippen molar-refractivity contribution in [3.05, 3.63) is 6.54 Å². The Morgan fingerprint density at radius 2 is 2.60 bits per heavy atom. The molecule has 1 saturated heterocycles. The van der Waals surface area contributed by atoms with Crippen molar-refractivity contribution in [2.45, 2.75) is 6.42 Å². The Morgan fingerprint density at radius 1 is 1.60 bits per heavy atom. The molecule has 0 unspecified atom stereocenters. The molecule has 29 valence electrons. The van der Waals surface area contributed by atoms with Gasteiger partial charge in [0.05, 0.1) is 0 Å². The normalized spacial score (nSPS) is 24.0. The summed E-state index contributed by atoms with van der Waals surface area (Å²) in [7, 11) is 0. The van der Waals surface area contributed by atoms with Crippen LogP contribution in [-0.2, 0) is 0 Å². The van der Waals surface area contributed by atoms with Crippen LogP contribution in [0.3, 0.4) is 0 Å². The predicted octanol–water partition coefficient (Wildman–Crippen LogP) is -0.354. The second-order valence-electron chi connectivity index (χ2n) is 1.06. The van der Waals surface area contributed by atoms with Gasteiger partial charge in [-0.05, 0) is 6.42 Å². The summed E-state index contributed by atoms with van der Waals surface area (Å²) < 4.78 is 0. The molecule has 2 N–H and O–H groups in total. The molecule has 0 spiro atoms. The Bertz CT molecular complexity index is 16.5. The molecular weight excluding hydrogens is 64.0 g/mol. The zero-order valence-corrected chi connectivity index (χ0v) is 2.99. The maximum absolute atomic E-state index is 2.92. The van der Waals surface area contributed by atoms with Crippen molar-refractivity contribution in [1.82, 2.24) is 10.9 Å². The average Bonchev–Trinajstić information content (AvgIpc) is 1.76. The third-order valence-corrected chi connectivity index (χ3v) is 0.618. The first-order chi connectivity index (χ1) is 2.50. The molecule has 1 fully saturated rings. The van der Waals surface area contributed by atoms with Crippen LogP contribution >= 0.6 is 0 Å². The minimum Gasteiger partial charge on any atom is -0.257 e. The highest BCUT2D eigenvalue weighted by molar-refractivity contribution is 4.65. The molecule has 1 aliphatic heterocycles. The second kappa shape index (κ2) is 1.38. The van der Waals surface area contributed by atoms with E-state index in [9.17, 15) is 0 Å². The van der Waals surface area contributed by atoms with E-state index in [1.54, 1.807) is 0 Å². The Labute approximate surface area is 31.5 Å². The van der Waals surface area contributed by atoms with Gasteiger partial charge in [-0.15, -0.1) is 0 Å². The van der Waals surface area contributed by atoms with Gasteiger partial charge in [-0.2, -0.15) is 0 Å². The first-order valence-corrected chi connectivity index (χ1v) is 1.80. The Kier molecular flexibility index (Phi) is 0.862. The van der Waals surface area contributed by atoms with Gasteiger partial charge in [0.1, 0.15) is 0 Å². The predicted molar refractivity (Wildman–Crippen MR) is 20.1 cm³/mol. The molecule has 0 atom stereocenters. The summed E-state index contributed by atoms with van der Waals surface area (Å²) in [5.74, 6) is 0. The third kappa shape index (κ3) is 0.597. The maximum atomic E-state index is 2.92. The van der Waals surface area contributed by atoms with Crippen LogP contribution in [0.1, 0.15) is 6.42 Å². The van der Waals surface area contributed by atoms with Crippen molar-refractivity contribution in [3.8, 4) is 0 Å². The fraction of sp³-hybridized carbons (Fsp3) is 0.667. The van der Waals surface area contributed by atoms with Crippen molar-refractivity contribution in [2.75, 3.05) is 6.54 Å². The van der Waals surface area contributed by atoms with Crippen molar-refractivity contribution < 1.29 is 0 Å². The highest BCUT2D eigenvalue weighted by atomic mass is 15.4. The monoisotopic (exact) mass is 71.1 g/mol. The number of nitrogens with one attached hydrogen (secondary N) is 2. The molecule has 0 bridgehead atoms. The summed E-state index contributed by atoms with van der Waals surface area (Å²) in [5, 5.41) is 0. The quantitative estimate of drug-likeness (QED) is 0.407. The van der Waals surface area contributed by atoms with Gasteiger partial charge in [-0.25, -0.2) is 0 Å². The molecule has 2 heteroatoms. The summed E-state index contributed by atoms with van der Waals surface area (Å²) in [6, 6.07) is 0. The fourth-order valence-corrected chi connectivity index (χ4v) is 0.361. The molecule has 1 heterocycles. The van der Waals surface area contributed by atoms with E-state index < -0.39 is 0 Å². The second-order valence-corrected chi connectivity index (χ2v) is 1.06. The minimum atomic E-state index is 1.08. The lowest BCUT2D eigenvalue weighted by molar-refractivity contribution is 0.719. The van der Waals surface area contributed by atoms with Crippen LogP contribution in [0.25, 0.3) is 0 Å². The average molecular weight is 71.1 g/mol. The van der Waals surface area contributed by atoms with Gasteiger partial charge in [0, 0.05) is 13.1 Å². The van der Waals surface area contributed by atoms with Crippen molar-refractivity contribution in [1.29, 1.82) is 0 Å². The van der Waals surface area contributed by atoms with E-state index >= 15 is 0 Å². The van der Waals surface area contributed by atoms with Gasteiger partial charge in [0.15, 0.2) is 0 Å². The molecule has 1 aliphatic rings. The van der Waals surface area contributed by atoms with Crippen LogP contribution < -0.4 is 10.9 Å². The van der Waals surface area contributed by atoms with Gasteiger partial charge < -0.3 is 0 Å². The van der Waals surface area contributed by atoms with Crippen molar-refractivity contribution >= 4 is 0 Å². The van der Waals surface area contributed by atoms with Crippen LogP contribution in [0.15, 0.2) is 0 Å². The van der Waals surface area contributed by atoms with E-state index in [2.05, 4.69) is 10.9 Å². The zero-order valence-electron chi connectivity index (χ0n) is 2.99. The van der Waals surface area contributed by atoms with E-state index in [-0.39, 0.29) is 0 Å². The van der Waals surface area contributed by atoms with Crippen LogP contribution in [-0.4, -0.2) is 6.54 Å². The summed E-state index contributed by atoms with van der Waals surface area (Å²) >= 11 is 0. The molecule has 1 radical (unpaired) electrons. The van der Waals surface area contributed by atoms with Crippen LogP contribution in [0, 0.1) is 6.54 Å². The molecule has 0 aromatic carbocycles. The van der Waals surface area contributed by atoms with Gasteiger partial charge in [0.2, 0.25) is 0 Å². The molecule has 0 amide bonds. The van der Waals surface area contributed by atoms with Crippen molar-refractivity contribution in [2.24, 2.45) is 0 Å². The molecule has 0 aromatic rings. The van der Waals surface area contributed by atoms with Crippen LogP contribution in [0.4, 0.5) is 0 Å². The SMILES string of the molecule is [CH]1CCNN1. The van der Waals surface area contributed by atoms with Gasteiger partial charge >= 0.3 is 0 Å². The van der Waals surface area contributed by atoms with E-state index in [0.717, 1.165) is 13.0 Å². The van der Waals surface area contributed by atoms with Gasteiger partial charge in [0.25, 0.3) is 0 Å².